The molecule has 6 rings (SSSR count). The van der Waals surface area contributed by atoms with Crippen molar-refractivity contribution in [2.24, 2.45) is 0 Å². The number of piperidine rings is 1. The summed E-state index contributed by atoms with van der Waals surface area (Å²) in [4.78, 5) is 24.0. The fourth-order valence-corrected chi connectivity index (χ4v) is 4.91. The average Bonchev–Trinajstić information content (AvgIpc) is 3.59. The Balaban J connectivity index is 1.11. The number of rotatable bonds is 6. The topological polar surface area (TPSA) is 107 Å². The van der Waals surface area contributed by atoms with Crippen molar-refractivity contribution in [3.63, 3.8) is 0 Å². The Bertz CT molecular complexity index is 1570. The summed E-state index contributed by atoms with van der Waals surface area (Å²) in [6.07, 6.45) is 7.34. The molecule has 0 unspecified atom stereocenters. The lowest BCUT2D eigenvalue weighted by Gasteiger charge is -2.38. The highest BCUT2D eigenvalue weighted by molar-refractivity contribution is 6.30. The van der Waals surface area contributed by atoms with Crippen molar-refractivity contribution in [3.05, 3.63) is 94.6 Å². The zero-order valence-corrected chi connectivity index (χ0v) is 20.7. The molecule has 1 aliphatic rings. The van der Waals surface area contributed by atoms with Gasteiger partial charge in [-0.3, -0.25) is 14.3 Å². The van der Waals surface area contributed by atoms with Gasteiger partial charge in [-0.15, -0.1) is 0 Å². The summed E-state index contributed by atoms with van der Waals surface area (Å²) >= 11 is 5.99. The monoisotopic (exact) mass is 516 g/mol. The first kappa shape index (κ1) is 23.5. The van der Waals surface area contributed by atoms with Crippen LogP contribution in [-0.2, 0) is 13.1 Å². The highest BCUT2D eigenvalue weighted by atomic mass is 35.5. The van der Waals surface area contributed by atoms with Crippen LogP contribution >= 0.6 is 11.6 Å². The van der Waals surface area contributed by atoms with Crippen LogP contribution in [0.15, 0.2) is 78.5 Å². The quantitative estimate of drug-likeness (QED) is 0.370. The Morgan fingerprint density at radius 2 is 1.68 bits per heavy atom. The van der Waals surface area contributed by atoms with Crippen LogP contribution in [0, 0.1) is 0 Å². The first-order valence-corrected chi connectivity index (χ1v) is 12.4. The first-order valence-electron chi connectivity index (χ1n) is 12.1. The van der Waals surface area contributed by atoms with Gasteiger partial charge in [0, 0.05) is 24.7 Å². The predicted molar refractivity (Wildman–Crippen MR) is 139 cm³/mol. The van der Waals surface area contributed by atoms with Crippen LogP contribution in [0.4, 0.5) is 0 Å². The average molecular weight is 517 g/mol. The summed E-state index contributed by atoms with van der Waals surface area (Å²) in [7, 11) is 0. The Hall–Kier alpha value is -3.86. The third kappa shape index (κ3) is 4.78. The predicted octanol–water partition coefficient (Wildman–Crippen LogP) is 2.84. The lowest BCUT2D eigenvalue weighted by molar-refractivity contribution is -0.0364. The van der Waals surface area contributed by atoms with E-state index >= 15 is 0 Å². The van der Waals surface area contributed by atoms with Crippen LogP contribution < -0.4 is 5.56 Å². The van der Waals surface area contributed by atoms with E-state index in [2.05, 4.69) is 37.2 Å². The number of nitrogens with zero attached hydrogens (tertiary/aromatic N) is 8. The van der Waals surface area contributed by atoms with Gasteiger partial charge in [-0.1, -0.05) is 23.7 Å². The summed E-state index contributed by atoms with van der Waals surface area (Å²) in [6.45, 7) is 2.47. The van der Waals surface area contributed by atoms with Crippen molar-refractivity contribution in [1.29, 1.82) is 0 Å². The summed E-state index contributed by atoms with van der Waals surface area (Å²) < 4.78 is 4.83. The van der Waals surface area contributed by atoms with Gasteiger partial charge < -0.3 is 5.11 Å². The van der Waals surface area contributed by atoms with Crippen LogP contribution in [0.2, 0.25) is 5.02 Å². The van der Waals surface area contributed by atoms with Crippen molar-refractivity contribution < 1.29 is 5.11 Å². The third-order valence-electron chi connectivity index (χ3n) is 6.90. The first-order chi connectivity index (χ1) is 18.0. The van der Waals surface area contributed by atoms with Gasteiger partial charge >= 0.3 is 0 Å². The molecule has 3 aromatic heterocycles. The van der Waals surface area contributed by atoms with E-state index in [-0.39, 0.29) is 12.1 Å². The number of hydrogen-bond acceptors (Lipinski definition) is 7. The van der Waals surface area contributed by atoms with Gasteiger partial charge in [0.25, 0.3) is 5.56 Å². The molecule has 0 saturated carbocycles. The van der Waals surface area contributed by atoms with Gasteiger partial charge in [-0.2, -0.15) is 10.2 Å². The molecule has 1 aliphatic heterocycles. The van der Waals surface area contributed by atoms with E-state index in [9.17, 15) is 9.90 Å². The number of aromatic nitrogens is 7. The summed E-state index contributed by atoms with van der Waals surface area (Å²) in [5.41, 5.74) is 2.21. The number of hydrogen-bond donors (Lipinski definition) is 1. The van der Waals surface area contributed by atoms with Crippen molar-refractivity contribution in [1.82, 2.24) is 39.0 Å². The number of likely N-dealkylation sites (tertiary alicyclic amines) is 1. The maximum atomic E-state index is 13.2. The van der Waals surface area contributed by atoms with E-state index < -0.39 is 5.60 Å². The standard InChI is InChI=1S/C26H25ClN8O2/c27-20-3-7-22(8-4-20)35-24-23(13-30-35)25(36)33(18-29-24)15-26(37)9-11-32(12-10-26)14-19-1-5-21(6-2-19)34-17-28-16-31-34/h1-8,13,16-18,37H,9-12,14-15H2. The molecule has 4 heterocycles. The van der Waals surface area contributed by atoms with Gasteiger partial charge in [0.1, 0.15) is 24.4 Å². The lowest BCUT2D eigenvalue weighted by atomic mass is 9.91. The zero-order chi connectivity index (χ0) is 25.4. The van der Waals surface area contributed by atoms with Crippen molar-refractivity contribution in [2.45, 2.75) is 31.5 Å². The second-order valence-corrected chi connectivity index (χ2v) is 9.89. The molecule has 188 valence electrons. The highest BCUT2D eigenvalue weighted by Gasteiger charge is 2.33. The normalized spacial score (nSPS) is 15.8. The molecule has 0 radical (unpaired) electrons. The third-order valence-corrected chi connectivity index (χ3v) is 7.15. The molecule has 5 aromatic rings. The molecule has 10 nitrogen and oxygen atoms in total. The smallest absolute Gasteiger partial charge is 0.264 e. The molecular weight excluding hydrogens is 492 g/mol. The lowest BCUT2D eigenvalue weighted by Crippen LogP contribution is -2.47. The molecule has 0 amide bonds. The summed E-state index contributed by atoms with van der Waals surface area (Å²) in [6, 6.07) is 15.4. The van der Waals surface area contributed by atoms with Crippen LogP contribution in [-0.4, -0.2) is 62.8 Å². The van der Waals surface area contributed by atoms with Crippen LogP contribution in [0.25, 0.3) is 22.4 Å². The summed E-state index contributed by atoms with van der Waals surface area (Å²) in [5.74, 6) is 0. The number of fused-ring (bicyclic) bond motifs is 1. The van der Waals surface area contributed by atoms with Gasteiger partial charge in [-0.05, 0) is 54.8 Å². The van der Waals surface area contributed by atoms with Crippen LogP contribution in [0.3, 0.4) is 0 Å². The van der Waals surface area contributed by atoms with E-state index in [0.717, 1.165) is 31.0 Å². The van der Waals surface area contributed by atoms with Crippen molar-refractivity contribution in [3.8, 4) is 11.4 Å². The molecule has 2 aromatic carbocycles. The molecule has 1 N–H and O–H groups in total. The van der Waals surface area contributed by atoms with Gasteiger partial charge in [-0.25, -0.2) is 19.3 Å². The largest absolute Gasteiger partial charge is 0.388 e. The van der Waals surface area contributed by atoms with E-state index in [0.29, 0.717) is 28.9 Å². The second-order valence-electron chi connectivity index (χ2n) is 9.45. The van der Waals surface area contributed by atoms with Crippen molar-refractivity contribution in [2.75, 3.05) is 13.1 Å². The maximum absolute atomic E-state index is 13.2. The number of benzene rings is 2. The number of aliphatic hydroxyl groups is 1. The van der Waals surface area contributed by atoms with E-state index in [1.165, 1.54) is 29.0 Å². The molecule has 0 aliphatic carbocycles. The zero-order valence-electron chi connectivity index (χ0n) is 20.0. The molecule has 1 fully saturated rings. The fraction of sp³-hybridized carbons (Fsp3) is 0.269. The molecular formula is C26H25ClN8O2. The molecule has 0 bridgehead atoms. The molecule has 0 spiro atoms. The van der Waals surface area contributed by atoms with Crippen LogP contribution in [0.5, 0.6) is 0 Å². The minimum absolute atomic E-state index is 0.196. The minimum Gasteiger partial charge on any atom is -0.388 e. The second kappa shape index (κ2) is 9.55. The van der Waals surface area contributed by atoms with Gasteiger partial charge in [0.2, 0.25) is 0 Å². The SMILES string of the molecule is O=c1c2cnn(-c3ccc(Cl)cc3)c2ncn1CC1(O)CCN(Cc2ccc(-n3cncn3)cc2)CC1. The Morgan fingerprint density at radius 1 is 0.946 bits per heavy atom. The molecule has 1 saturated heterocycles. The van der Waals surface area contributed by atoms with E-state index in [4.69, 9.17) is 11.6 Å². The fourth-order valence-electron chi connectivity index (χ4n) is 4.79. The Labute approximate surface area is 217 Å². The van der Waals surface area contributed by atoms with Crippen LogP contribution in [0.1, 0.15) is 18.4 Å². The van der Waals surface area contributed by atoms with E-state index in [1.807, 2.05) is 24.3 Å². The van der Waals surface area contributed by atoms with Gasteiger partial charge in [0.15, 0.2) is 5.65 Å². The van der Waals surface area contributed by atoms with Gasteiger partial charge in [0.05, 0.1) is 29.7 Å². The summed E-state index contributed by atoms with van der Waals surface area (Å²) in [5, 5.41) is 20.8. The number of halogens is 1. The molecule has 11 heteroatoms. The maximum Gasteiger partial charge on any atom is 0.264 e. The molecule has 0 atom stereocenters. The molecule has 37 heavy (non-hydrogen) atoms. The van der Waals surface area contributed by atoms with E-state index in [1.54, 1.807) is 27.8 Å². The highest BCUT2D eigenvalue weighted by Crippen LogP contribution is 2.25. The van der Waals surface area contributed by atoms with Crippen molar-refractivity contribution >= 4 is 22.6 Å². The Morgan fingerprint density at radius 3 is 2.38 bits per heavy atom. The minimum atomic E-state index is -0.973. The Kier molecular flexibility index (Phi) is 6.07.